The van der Waals surface area contributed by atoms with Gasteiger partial charge >= 0.3 is 11.9 Å². The highest BCUT2D eigenvalue weighted by molar-refractivity contribution is 7.07. The highest BCUT2D eigenvalue weighted by Crippen LogP contribution is 2.31. The Balaban J connectivity index is 1.92. The predicted octanol–water partition coefficient (Wildman–Crippen LogP) is 2.87. The zero-order valence-corrected chi connectivity index (χ0v) is 20.3. The third kappa shape index (κ3) is 4.38. The van der Waals surface area contributed by atoms with Crippen LogP contribution in [0.15, 0.2) is 61.9 Å². The molecule has 3 heterocycles. The van der Waals surface area contributed by atoms with Crippen LogP contribution in [-0.4, -0.2) is 29.7 Å². The molecule has 8 nitrogen and oxygen atoms in total. The lowest BCUT2D eigenvalue weighted by Gasteiger charge is -2.25. The normalized spacial score (nSPS) is 15.8. The summed E-state index contributed by atoms with van der Waals surface area (Å²) in [4.78, 5) is 43.5. The maximum absolute atomic E-state index is 13.5. The van der Waals surface area contributed by atoms with Crippen LogP contribution in [0.2, 0.25) is 0 Å². The molecule has 0 saturated heterocycles. The number of nitrogens with zero attached hydrogens (tertiary/aromatic N) is 2. The molecule has 0 amide bonds. The number of carbonyl (C=O) groups excluding carboxylic acids is 2. The summed E-state index contributed by atoms with van der Waals surface area (Å²) >= 11 is 1.22. The van der Waals surface area contributed by atoms with Crippen molar-refractivity contribution in [2.24, 2.45) is 4.99 Å². The first-order chi connectivity index (χ1) is 16.2. The molecule has 0 aliphatic carbocycles. The molecule has 0 bridgehead atoms. The van der Waals surface area contributed by atoms with E-state index in [0.29, 0.717) is 31.9 Å². The SMILES string of the molecule is COC(=O)c1ccc(C2C(C(=O)OC(C)C)=C(C)N=c3sc(=Cc4ccc(C)o4)c(=O)n32)cc1. The molecule has 2 aromatic heterocycles. The van der Waals surface area contributed by atoms with Gasteiger partial charge in [-0.3, -0.25) is 9.36 Å². The number of hydrogen-bond donors (Lipinski definition) is 0. The van der Waals surface area contributed by atoms with Crippen LogP contribution in [-0.2, 0) is 14.3 Å². The number of aromatic nitrogens is 1. The van der Waals surface area contributed by atoms with Gasteiger partial charge < -0.3 is 13.9 Å². The smallest absolute Gasteiger partial charge is 0.338 e. The first kappa shape index (κ1) is 23.4. The van der Waals surface area contributed by atoms with Crippen LogP contribution >= 0.6 is 11.3 Å². The number of hydrogen-bond acceptors (Lipinski definition) is 8. The number of thiazole rings is 1. The van der Waals surface area contributed by atoms with Gasteiger partial charge in [0, 0.05) is 6.08 Å². The molecule has 1 unspecified atom stereocenters. The van der Waals surface area contributed by atoms with Gasteiger partial charge in [-0.05, 0) is 57.5 Å². The van der Waals surface area contributed by atoms with Gasteiger partial charge in [0.05, 0.1) is 40.6 Å². The van der Waals surface area contributed by atoms with Gasteiger partial charge in [0.15, 0.2) is 4.80 Å². The van der Waals surface area contributed by atoms with E-state index in [1.807, 2.05) is 13.0 Å². The second-order valence-corrected chi connectivity index (χ2v) is 9.11. The molecule has 9 heteroatoms. The third-order valence-corrected chi connectivity index (χ3v) is 6.25. The van der Waals surface area contributed by atoms with Gasteiger partial charge in [0.2, 0.25) is 0 Å². The van der Waals surface area contributed by atoms with Crippen LogP contribution < -0.4 is 14.9 Å². The average Bonchev–Trinajstić information content (AvgIpc) is 3.34. The summed E-state index contributed by atoms with van der Waals surface area (Å²) < 4.78 is 17.8. The number of esters is 2. The number of allylic oxidation sites excluding steroid dienone is 1. The van der Waals surface area contributed by atoms with E-state index in [-0.39, 0.29) is 17.2 Å². The summed E-state index contributed by atoms with van der Waals surface area (Å²) in [6.45, 7) is 7.07. The molecular formula is C25H24N2O6S. The van der Waals surface area contributed by atoms with E-state index in [4.69, 9.17) is 13.9 Å². The largest absolute Gasteiger partial charge is 0.465 e. The Kier molecular flexibility index (Phi) is 6.39. The topological polar surface area (TPSA) is 100 Å². The van der Waals surface area contributed by atoms with Crippen molar-refractivity contribution in [2.75, 3.05) is 7.11 Å². The van der Waals surface area contributed by atoms with Crippen LogP contribution in [0.3, 0.4) is 0 Å². The second kappa shape index (κ2) is 9.26. The molecule has 0 fully saturated rings. The minimum absolute atomic E-state index is 0.271. The Morgan fingerprint density at radius 1 is 1.12 bits per heavy atom. The van der Waals surface area contributed by atoms with Gasteiger partial charge in [-0.25, -0.2) is 14.6 Å². The highest BCUT2D eigenvalue weighted by Gasteiger charge is 2.34. The van der Waals surface area contributed by atoms with E-state index >= 15 is 0 Å². The van der Waals surface area contributed by atoms with Crippen molar-refractivity contribution in [1.29, 1.82) is 0 Å². The van der Waals surface area contributed by atoms with Crippen molar-refractivity contribution >= 4 is 29.4 Å². The average molecular weight is 481 g/mol. The number of rotatable bonds is 5. The molecule has 1 aliphatic rings. The van der Waals surface area contributed by atoms with Crippen molar-refractivity contribution in [3.05, 3.63) is 90.0 Å². The van der Waals surface area contributed by atoms with Crippen LogP contribution in [0.4, 0.5) is 0 Å². The van der Waals surface area contributed by atoms with E-state index in [0.717, 1.165) is 5.76 Å². The number of ether oxygens (including phenoxy) is 2. The monoisotopic (exact) mass is 480 g/mol. The lowest BCUT2D eigenvalue weighted by atomic mass is 9.95. The molecule has 1 atom stereocenters. The van der Waals surface area contributed by atoms with Gasteiger partial charge in [0.1, 0.15) is 11.5 Å². The van der Waals surface area contributed by atoms with Crippen molar-refractivity contribution in [1.82, 2.24) is 4.57 Å². The summed E-state index contributed by atoms with van der Waals surface area (Å²) in [6, 6.07) is 9.43. The minimum Gasteiger partial charge on any atom is -0.465 e. The number of carbonyl (C=O) groups is 2. The standard InChI is InChI=1S/C25H24N2O6S/c1-13(2)32-24(30)20-15(4)26-25-27(21(20)16-7-9-17(10-8-16)23(29)31-5)22(28)19(34-25)12-18-11-6-14(3)33-18/h6-13,21H,1-5H3. The molecule has 1 aromatic carbocycles. The van der Waals surface area contributed by atoms with Gasteiger partial charge in [-0.15, -0.1) is 0 Å². The van der Waals surface area contributed by atoms with Crippen LogP contribution in [0.1, 0.15) is 54.3 Å². The van der Waals surface area contributed by atoms with Crippen molar-refractivity contribution in [3.63, 3.8) is 0 Å². The fourth-order valence-electron chi connectivity index (χ4n) is 3.76. The molecule has 4 rings (SSSR count). The molecule has 0 N–H and O–H groups in total. The molecule has 0 spiro atoms. The summed E-state index contributed by atoms with van der Waals surface area (Å²) in [5.41, 5.74) is 1.43. The molecule has 0 radical (unpaired) electrons. The number of methoxy groups -OCH3 is 1. The summed E-state index contributed by atoms with van der Waals surface area (Å²) in [7, 11) is 1.31. The van der Waals surface area contributed by atoms with E-state index in [2.05, 4.69) is 4.99 Å². The Morgan fingerprint density at radius 2 is 1.82 bits per heavy atom. The first-order valence-corrected chi connectivity index (χ1v) is 11.5. The molecule has 3 aromatic rings. The Hall–Kier alpha value is -3.72. The van der Waals surface area contributed by atoms with Crippen molar-refractivity contribution in [2.45, 2.75) is 39.8 Å². The lowest BCUT2D eigenvalue weighted by Crippen LogP contribution is -2.40. The number of furan rings is 1. The van der Waals surface area contributed by atoms with Gasteiger partial charge in [-0.2, -0.15) is 0 Å². The zero-order valence-electron chi connectivity index (χ0n) is 19.4. The maximum Gasteiger partial charge on any atom is 0.338 e. The maximum atomic E-state index is 13.5. The van der Waals surface area contributed by atoms with Crippen LogP contribution in [0.25, 0.3) is 6.08 Å². The predicted molar refractivity (Wildman–Crippen MR) is 126 cm³/mol. The van der Waals surface area contributed by atoms with E-state index in [1.54, 1.807) is 57.2 Å². The highest BCUT2D eigenvalue weighted by atomic mass is 32.1. The van der Waals surface area contributed by atoms with E-state index in [1.165, 1.54) is 23.0 Å². The van der Waals surface area contributed by atoms with Gasteiger partial charge in [-0.1, -0.05) is 23.5 Å². The fraction of sp³-hybridized carbons (Fsp3) is 0.280. The molecule has 176 valence electrons. The quantitative estimate of drug-likeness (QED) is 0.521. The van der Waals surface area contributed by atoms with Crippen LogP contribution in [0, 0.1) is 6.92 Å². The second-order valence-electron chi connectivity index (χ2n) is 8.10. The summed E-state index contributed by atoms with van der Waals surface area (Å²) in [6.07, 6.45) is 1.32. The lowest BCUT2D eigenvalue weighted by molar-refractivity contribution is -0.143. The third-order valence-electron chi connectivity index (χ3n) is 5.27. The van der Waals surface area contributed by atoms with Crippen molar-refractivity contribution < 1.29 is 23.5 Å². The number of aryl methyl sites for hydroxylation is 1. The zero-order chi connectivity index (χ0) is 24.6. The first-order valence-electron chi connectivity index (χ1n) is 10.7. The molecule has 1 aliphatic heterocycles. The van der Waals surface area contributed by atoms with Crippen molar-refractivity contribution in [3.8, 4) is 0 Å². The molecule has 34 heavy (non-hydrogen) atoms. The number of benzene rings is 1. The Bertz CT molecular complexity index is 1470. The van der Waals surface area contributed by atoms with E-state index < -0.39 is 18.0 Å². The van der Waals surface area contributed by atoms with Gasteiger partial charge in [0.25, 0.3) is 5.56 Å². The molecule has 0 saturated carbocycles. The Labute approximate surface area is 199 Å². The van der Waals surface area contributed by atoms with E-state index in [9.17, 15) is 14.4 Å². The minimum atomic E-state index is -0.769. The van der Waals surface area contributed by atoms with Crippen LogP contribution in [0.5, 0.6) is 0 Å². The summed E-state index contributed by atoms with van der Waals surface area (Å²) in [5, 5.41) is 0. The fourth-order valence-corrected chi connectivity index (χ4v) is 4.78. The summed E-state index contributed by atoms with van der Waals surface area (Å²) in [5.74, 6) is 0.263. The molecular weight excluding hydrogens is 456 g/mol. The number of fused-ring (bicyclic) bond motifs is 1. The Morgan fingerprint density at radius 3 is 2.41 bits per heavy atom.